The van der Waals surface area contributed by atoms with Crippen molar-refractivity contribution < 1.29 is 0 Å². The average molecular weight is 113 g/mol. The van der Waals surface area contributed by atoms with Crippen molar-refractivity contribution >= 4 is 0 Å². The average Bonchev–Trinajstić information content (AvgIpc) is 1.98. The lowest BCUT2D eigenvalue weighted by Gasteiger charge is -2.15. The van der Waals surface area contributed by atoms with Crippen molar-refractivity contribution in [2.24, 2.45) is 5.73 Å². The third-order valence-corrected chi connectivity index (χ3v) is 1.38. The summed E-state index contributed by atoms with van der Waals surface area (Å²) in [7, 11) is 1.91. The van der Waals surface area contributed by atoms with Crippen molar-refractivity contribution in [3.05, 3.63) is 11.8 Å². The van der Waals surface area contributed by atoms with Crippen LogP contribution in [0, 0.1) is 0 Å². The molecule has 0 saturated heterocycles. The molecule has 1 unspecified atom stereocenters. The van der Waals surface area contributed by atoms with E-state index in [1.807, 2.05) is 25.2 Å². The molecule has 8 heavy (non-hydrogen) atoms. The van der Waals surface area contributed by atoms with E-state index in [0.717, 1.165) is 0 Å². The van der Waals surface area contributed by atoms with E-state index in [4.69, 9.17) is 5.73 Å². The van der Waals surface area contributed by atoms with Gasteiger partial charge in [-0.25, -0.2) is 5.01 Å². The largest absolute Gasteiger partial charge is 0.325 e. The van der Waals surface area contributed by atoms with E-state index in [2.05, 4.69) is 5.43 Å². The molecule has 0 fully saturated rings. The summed E-state index contributed by atoms with van der Waals surface area (Å²) in [6.07, 6.45) is 1.97. The molecular weight excluding hydrogens is 102 g/mol. The fourth-order valence-electron chi connectivity index (χ4n) is 0.675. The second-order valence-electron chi connectivity index (χ2n) is 2.07. The van der Waals surface area contributed by atoms with Crippen LogP contribution < -0.4 is 11.2 Å². The summed E-state index contributed by atoms with van der Waals surface area (Å²) < 4.78 is 0. The highest BCUT2D eigenvalue weighted by Gasteiger charge is 2.14. The zero-order valence-electron chi connectivity index (χ0n) is 5.18. The van der Waals surface area contributed by atoms with Gasteiger partial charge in [0.05, 0.1) is 6.17 Å². The molecule has 0 aromatic rings. The van der Waals surface area contributed by atoms with Crippen molar-refractivity contribution in [3.8, 4) is 0 Å². The second-order valence-corrected chi connectivity index (χ2v) is 2.07. The number of rotatable bonds is 0. The summed E-state index contributed by atoms with van der Waals surface area (Å²) in [5.74, 6) is 0. The molecule has 1 aliphatic heterocycles. The minimum atomic E-state index is 0.0648. The van der Waals surface area contributed by atoms with E-state index >= 15 is 0 Å². The number of hydrazine groups is 1. The Morgan fingerprint density at radius 2 is 2.50 bits per heavy atom. The maximum Gasteiger partial charge on any atom is 0.0983 e. The molecule has 0 amide bonds. The van der Waals surface area contributed by atoms with Gasteiger partial charge in [0.2, 0.25) is 0 Å². The number of likely N-dealkylation sites (N-methyl/N-ethyl adjacent to an activating group) is 1. The molecule has 3 N–H and O–H groups in total. The fraction of sp³-hybridized carbons (Fsp3) is 0.600. The molecule has 0 bridgehead atoms. The van der Waals surface area contributed by atoms with E-state index in [0.29, 0.717) is 0 Å². The number of nitrogens with one attached hydrogen (secondary N) is 1. The molecule has 0 aromatic carbocycles. The molecule has 0 radical (unpaired) electrons. The lowest BCUT2D eigenvalue weighted by molar-refractivity contribution is 0.252. The van der Waals surface area contributed by atoms with Crippen LogP contribution in [0.3, 0.4) is 0 Å². The molecule has 0 saturated carbocycles. The normalized spacial score (nSPS) is 29.9. The van der Waals surface area contributed by atoms with Gasteiger partial charge in [-0.15, -0.1) is 0 Å². The number of hydrogen-bond acceptors (Lipinski definition) is 3. The summed E-state index contributed by atoms with van der Waals surface area (Å²) in [6, 6.07) is 0. The Balaban J connectivity index is 2.59. The first-order valence-electron chi connectivity index (χ1n) is 2.63. The Morgan fingerprint density at radius 3 is 2.62 bits per heavy atom. The van der Waals surface area contributed by atoms with Gasteiger partial charge in [0.1, 0.15) is 0 Å². The van der Waals surface area contributed by atoms with Gasteiger partial charge >= 0.3 is 0 Å². The maximum absolute atomic E-state index is 5.62. The molecular formula is C5H11N3. The number of nitrogens with two attached hydrogens (primary N) is 1. The smallest absolute Gasteiger partial charge is 0.0983 e. The predicted molar refractivity (Wildman–Crippen MR) is 32.6 cm³/mol. The Labute approximate surface area is 49.1 Å². The van der Waals surface area contributed by atoms with E-state index < -0.39 is 0 Å². The zero-order valence-corrected chi connectivity index (χ0v) is 5.18. The lowest BCUT2D eigenvalue weighted by Crippen LogP contribution is -2.40. The van der Waals surface area contributed by atoms with Gasteiger partial charge in [0.15, 0.2) is 0 Å². The number of nitrogens with zero attached hydrogens (tertiary/aromatic N) is 1. The fourth-order valence-corrected chi connectivity index (χ4v) is 0.675. The van der Waals surface area contributed by atoms with Gasteiger partial charge < -0.3 is 11.2 Å². The monoisotopic (exact) mass is 113 g/mol. The van der Waals surface area contributed by atoms with E-state index in [-0.39, 0.29) is 6.17 Å². The quantitative estimate of drug-likeness (QED) is 0.450. The number of hydrogen-bond donors (Lipinski definition) is 2. The molecule has 1 aliphatic rings. The third kappa shape index (κ3) is 0.700. The van der Waals surface area contributed by atoms with Crippen LogP contribution in [0.4, 0.5) is 0 Å². The first-order chi connectivity index (χ1) is 3.72. The highest BCUT2D eigenvalue weighted by Crippen LogP contribution is 2.04. The van der Waals surface area contributed by atoms with Gasteiger partial charge in [0.25, 0.3) is 0 Å². The SMILES string of the molecule is CC1=CNN(C)C1N. The zero-order chi connectivity index (χ0) is 6.15. The van der Waals surface area contributed by atoms with E-state index in [9.17, 15) is 0 Å². The van der Waals surface area contributed by atoms with Crippen LogP contribution >= 0.6 is 0 Å². The van der Waals surface area contributed by atoms with Crippen LogP contribution in [-0.2, 0) is 0 Å². The van der Waals surface area contributed by atoms with Crippen LogP contribution in [0.15, 0.2) is 11.8 Å². The van der Waals surface area contributed by atoms with Gasteiger partial charge in [-0.1, -0.05) is 0 Å². The lowest BCUT2D eigenvalue weighted by atomic mass is 10.3. The Hall–Kier alpha value is -0.540. The summed E-state index contributed by atoms with van der Waals surface area (Å²) in [5, 5.41) is 1.86. The predicted octanol–water partition coefficient (Wildman–Crippen LogP) is -0.375. The van der Waals surface area contributed by atoms with Crippen LogP contribution in [0.25, 0.3) is 0 Å². The van der Waals surface area contributed by atoms with Crippen molar-refractivity contribution in [1.29, 1.82) is 0 Å². The van der Waals surface area contributed by atoms with Crippen molar-refractivity contribution in [2.45, 2.75) is 13.1 Å². The molecule has 0 aliphatic carbocycles. The van der Waals surface area contributed by atoms with Crippen LogP contribution in [0.2, 0.25) is 0 Å². The summed E-state index contributed by atoms with van der Waals surface area (Å²) in [4.78, 5) is 0. The first-order valence-corrected chi connectivity index (χ1v) is 2.63. The maximum atomic E-state index is 5.62. The first kappa shape index (κ1) is 5.59. The summed E-state index contributed by atoms with van der Waals surface area (Å²) in [5.41, 5.74) is 9.76. The minimum Gasteiger partial charge on any atom is -0.325 e. The second kappa shape index (κ2) is 1.76. The third-order valence-electron chi connectivity index (χ3n) is 1.38. The summed E-state index contributed by atoms with van der Waals surface area (Å²) in [6.45, 7) is 2.00. The molecule has 3 heteroatoms. The van der Waals surface area contributed by atoms with Crippen molar-refractivity contribution in [2.75, 3.05) is 7.05 Å². The molecule has 1 heterocycles. The highest BCUT2D eigenvalue weighted by molar-refractivity contribution is 5.08. The molecule has 46 valence electrons. The Morgan fingerprint density at radius 1 is 1.88 bits per heavy atom. The molecule has 1 atom stereocenters. The Bertz CT molecular complexity index is 119. The molecule has 3 nitrogen and oxygen atoms in total. The van der Waals surface area contributed by atoms with E-state index in [1.165, 1.54) is 5.57 Å². The van der Waals surface area contributed by atoms with Gasteiger partial charge in [-0.2, -0.15) is 0 Å². The minimum absolute atomic E-state index is 0.0648. The van der Waals surface area contributed by atoms with Gasteiger partial charge in [0, 0.05) is 13.2 Å². The van der Waals surface area contributed by atoms with Crippen LogP contribution in [0.5, 0.6) is 0 Å². The Kier molecular flexibility index (Phi) is 1.23. The standard InChI is InChI=1S/C5H11N3/c1-4-3-7-8(2)5(4)6/h3,5,7H,6H2,1-2H3. The molecule has 0 spiro atoms. The van der Waals surface area contributed by atoms with Crippen molar-refractivity contribution in [3.63, 3.8) is 0 Å². The van der Waals surface area contributed by atoms with Crippen LogP contribution in [0.1, 0.15) is 6.92 Å². The molecule has 0 aromatic heterocycles. The summed E-state index contributed by atoms with van der Waals surface area (Å²) >= 11 is 0. The van der Waals surface area contributed by atoms with Crippen LogP contribution in [-0.4, -0.2) is 18.2 Å². The molecule has 1 rings (SSSR count). The van der Waals surface area contributed by atoms with E-state index in [1.54, 1.807) is 0 Å². The van der Waals surface area contributed by atoms with Crippen molar-refractivity contribution in [1.82, 2.24) is 10.4 Å². The van der Waals surface area contributed by atoms with Gasteiger partial charge in [-0.3, -0.25) is 0 Å². The topological polar surface area (TPSA) is 41.3 Å². The highest BCUT2D eigenvalue weighted by atomic mass is 15.5. The van der Waals surface area contributed by atoms with Gasteiger partial charge in [-0.05, 0) is 12.5 Å².